The minimum atomic E-state index is 0. The van der Waals surface area contributed by atoms with Gasteiger partial charge in [-0.25, -0.2) is 4.99 Å². The molecule has 0 amide bonds. The van der Waals surface area contributed by atoms with Gasteiger partial charge in [-0.05, 0) is 18.3 Å². The molecule has 1 aliphatic heterocycles. The molecule has 0 aromatic carbocycles. The first-order chi connectivity index (χ1) is 4.30. The van der Waals surface area contributed by atoms with Crippen LogP contribution in [0.1, 0.15) is 0 Å². The Morgan fingerprint density at radius 3 is 2.70 bits per heavy atom. The first-order valence-corrected chi connectivity index (χ1v) is 2.96. The standard InChI is InChI=1S/C5H7N3S.ClH/c6-5(9)8-3-1-2-7-4-8;/h1-2,4H,3H2,(H2,6,9);1H. The van der Waals surface area contributed by atoms with Crippen LogP contribution in [0.3, 0.4) is 0 Å². The van der Waals surface area contributed by atoms with E-state index in [1.165, 1.54) is 0 Å². The van der Waals surface area contributed by atoms with Crippen LogP contribution >= 0.6 is 24.6 Å². The van der Waals surface area contributed by atoms with E-state index in [1.807, 2.05) is 6.08 Å². The van der Waals surface area contributed by atoms with E-state index in [2.05, 4.69) is 4.99 Å². The van der Waals surface area contributed by atoms with Crippen LogP contribution in [0.2, 0.25) is 0 Å². The molecule has 3 nitrogen and oxygen atoms in total. The molecule has 1 rings (SSSR count). The fourth-order valence-electron chi connectivity index (χ4n) is 0.535. The topological polar surface area (TPSA) is 41.6 Å². The highest BCUT2D eigenvalue weighted by Gasteiger charge is 2.00. The van der Waals surface area contributed by atoms with Gasteiger partial charge in [-0.1, -0.05) is 0 Å². The maximum atomic E-state index is 5.30. The summed E-state index contributed by atoms with van der Waals surface area (Å²) < 4.78 is 0. The third-order valence-corrected chi connectivity index (χ3v) is 1.22. The number of thiocarbonyl (C=S) groups is 1. The van der Waals surface area contributed by atoms with Gasteiger partial charge in [0.05, 0.1) is 6.34 Å². The van der Waals surface area contributed by atoms with Gasteiger partial charge in [0.15, 0.2) is 5.11 Å². The minimum Gasteiger partial charge on any atom is -0.376 e. The largest absolute Gasteiger partial charge is 0.376 e. The number of halogens is 1. The molecular weight excluding hydrogens is 170 g/mol. The Bertz CT molecular complexity index is 178. The summed E-state index contributed by atoms with van der Waals surface area (Å²) in [6, 6.07) is 0. The summed E-state index contributed by atoms with van der Waals surface area (Å²) >= 11 is 4.69. The summed E-state index contributed by atoms with van der Waals surface area (Å²) in [4.78, 5) is 5.52. The van der Waals surface area contributed by atoms with Gasteiger partial charge in [-0.3, -0.25) is 0 Å². The number of nitrogens with two attached hydrogens (primary N) is 1. The van der Waals surface area contributed by atoms with E-state index in [0.717, 1.165) is 6.54 Å². The highest BCUT2D eigenvalue weighted by atomic mass is 35.5. The molecule has 10 heavy (non-hydrogen) atoms. The van der Waals surface area contributed by atoms with Crippen LogP contribution in [0.5, 0.6) is 0 Å². The number of hydrogen-bond acceptors (Lipinski definition) is 2. The van der Waals surface area contributed by atoms with Gasteiger partial charge < -0.3 is 10.6 Å². The van der Waals surface area contributed by atoms with Crippen LogP contribution in [0.25, 0.3) is 0 Å². The quantitative estimate of drug-likeness (QED) is 0.549. The van der Waals surface area contributed by atoms with Gasteiger partial charge in [0.2, 0.25) is 0 Å². The van der Waals surface area contributed by atoms with Gasteiger partial charge in [0.25, 0.3) is 0 Å². The molecule has 0 fully saturated rings. The zero-order valence-electron chi connectivity index (χ0n) is 5.23. The lowest BCUT2D eigenvalue weighted by Crippen LogP contribution is -2.35. The van der Waals surface area contributed by atoms with Gasteiger partial charge in [0, 0.05) is 12.7 Å². The van der Waals surface area contributed by atoms with Crippen molar-refractivity contribution in [2.75, 3.05) is 6.54 Å². The van der Waals surface area contributed by atoms with Crippen LogP contribution in [0, 0.1) is 0 Å². The maximum absolute atomic E-state index is 5.30. The monoisotopic (exact) mass is 177 g/mol. The number of hydrogen-bond donors (Lipinski definition) is 1. The second-order valence-electron chi connectivity index (χ2n) is 1.64. The Kier molecular flexibility index (Phi) is 3.99. The molecule has 56 valence electrons. The second kappa shape index (κ2) is 4.24. The second-order valence-corrected chi connectivity index (χ2v) is 2.06. The zero-order chi connectivity index (χ0) is 6.69. The summed E-state index contributed by atoms with van der Waals surface area (Å²) in [5.74, 6) is 0. The molecule has 0 bridgehead atoms. The lowest BCUT2D eigenvalue weighted by Gasteiger charge is -2.15. The van der Waals surface area contributed by atoms with Crippen LogP contribution in [-0.2, 0) is 0 Å². The maximum Gasteiger partial charge on any atom is 0.171 e. The molecule has 0 aromatic heterocycles. The molecule has 1 aliphatic rings. The average molecular weight is 178 g/mol. The molecule has 0 saturated carbocycles. The van der Waals surface area contributed by atoms with E-state index in [4.69, 9.17) is 18.0 Å². The van der Waals surface area contributed by atoms with E-state index in [0.29, 0.717) is 5.11 Å². The van der Waals surface area contributed by atoms with Crippen molar-refractivity contribution in [1.82, 2.24) is 4.90 Å². The number of aliphatic imine (C=N–C) groups is 1. The Balaban J connectivity index is 0.000000810. The lowest BCUT2D eigenvalue weighted by molar-refractivity contribution is 0.696. The summed E-state index contributed by atoms with van der Waals surface area (Å²) in [5, 5.41) is 0.364. The summed E-state index contributed by atoms with van der Waals surface area (Å²) in [6.45, 7) is 0.735. The van der Waals surface area contributed by atoms with Crippen LogP contribution < -0.4 is 5.73 Å². The van der Waals surface area contributed by atoms with Crippen molar-refractivity contribution in [3.63, 3.8) is 0 Å². The third kappa shape index (κ3) is 2.33. The average Bonchev–Trinajstić information content (AvgIpc) is 1.90. The van der Waals surface area contributed by atoms with Gasteiger partial charge in [0.1, 0.15) is 0 Å². The molecule has 5 heteroatoms. The first-order valence-electron chi connectivity index (χ1n) is 2.55. The van der Waals surface area contributed by atoms with Crippen molar-refractivity contribution >= 4 is 36.1 Å². The van der Waals surface area contributed by atoms with Crippen molar-refractivity contribution in [3.8, 4) is 0 Å². The normalized spacial score (nSPS) is 14.6. The van der Waals surface area contributed by atoms with Crippen molar-refractivity contribution in [2.45, 2.75) is 0 Å². The van der Waals surface area contributed by atoms with E-state index < -0.39 is 0 Å². The predicted molar refractivity (Wildman–Crippen MR) is 48.4 cm³/mol. The molecule has 1 heterocycles. The van der Waals surface area contributed by atoms with E-state index in [1.54, 1.807) is 17.4 Å². The molecule has 0 unspecified atom stereocenters. The Labute approximate surface area is 71.0 Å². The molecule has 0 saturated heterocycles. The first kappa shape index (κ1) is 9.39. The molecular formula is C5H8ClN3S. The summed E-state index contributed by atoms with van der Waals surface area (Å²) in [5.41, 5.74) is 5.30. The summed E-state index contributed by atoms with van der Waals surface area (Å²) in [6.07, 6.45) is 5.22. The minimum absolute atomic E-state index is 0. The molecule has 2 N–H and O–H groups in total. The Hall–Kier alpha value is -0.610. The van der Waals surface area contributed by atoms with E-state index in [-0.39, 0.29) is 12.4 Å². The van der Waals surface area contributed by atoms with Gasteiger partial charge >= 0.3 is 0 Å². The van der Waals surface area contributed by atoms with Crippen molar-refractivity contribution in [2.24, 2.45) is 10.7 Å². The number of rotatable bonds is 0. The zero-order valence-corrected chi connectivity index (χ0v) is 6.86. The SMILES string of the molecule is Cl.NC(=S)N1C=NC=CC1. The Morgan fingerprint density at radius 1 is 1.70 bits per heavy atom. The smallest absolute Gasteiger partial charge is 0.171 e. The van der Waals surface area contributed by atoms with Crippen molar-refractivity contribution < 1.29 is 0 Å². The highest BCUT2D eigenvalue weighted by molar-refractivity contribution is 7.80. The van der Waals surface area contributed by atoms with E-state index in [9.17, 15) is 0 Å². The summed E-state index contributed by atoms with van der Waals surface area (Å²) in [7, 11) is 0. The fourth-order valence-corrected chi connectivity index (χ4v) is 0.656. The van der Waals surface area contributed by atoms with Crippen LogP contribution in [0.15, 0.2) is 17.3 Å². The fraction of sp³-hybridized carbons (Fsp3) is 0.200. The van der Waals surface area contributed by atoms with Crippen LogP contribution in [-0.4, -0.2) is 22.9 Å². The lowest BCUT2D eigenvalue weighted by atomic mass is 10.5. The highest BCUT2D eigenvalue weighted by Crippen LogP contribution is 1.91. The van der Waals surface area contributed by atoms with Crippen molar-refractivity contribution in [1.29, 1.82) is 0 Å². The van der Waals surface area contributed by atoms with Crippen LogP contribution in [0.4, 0.5) is 0 Å². The number of nitrogens with zero attached hydrogens (tertiary/aromatic N) is 2. The van der Waals surface area contributed by atoms with Gasteiger partial charge in [-0.15, -0.1) is 12.4 Å². The van der Waals surface area contributed by atoms with E-state index >= 15 is 0 Å². The van der Waals surface area contributed by atoms with Gasteiger partial charge in [-0.2, -0.15) is 0 Å². The third-order valence-electron chi connectivity index (χ3n) is 0.983. The predicted octanol–water partition coefficient (Wildman–Crippen LogP) is 0.509. The molecule has 0 aliphatic carbocycles. The Morgan fingerprint density at radius 2 is 2.40 bits per heavy atom. The molecule has 0 aromatic rings. The molecule has 0 atom stereocenters. The molecule has 0 spiro atoms. The van der Waals surface area contributed by atoms with Crippen molar-refractivity contribution in [3.05, 3.63) is 12.3 Å². The molecule has 0 radical (unpaired) electrons.